The highest BCUT2D eigenvalue weighted by Gasteiger charge is 2.23. The molecule has 0 saturated carbocycles. The maximum atomic E-state index is 12.9. The van der Waals surface area contributed by atoms with Crippen LogP contribution in [-0.2, 0) is 18.4 Å². The van der Waals surface area contributed by atoms with Gasteiger partial charge in [0.15, 0.2) is 0 Å². The first-order valence-corrected chi connectivity index (χ1v) is 30.9. The zero-order valence-electron chi connectivity index (χ0n) is 47.5. The molecule has 0 aliphatic rings. The van der Waals surface area contributed by atoms with E-state index in [2.05, 4.69) is 129 Å². The van der Waals surface area contributed by atoms with Crippen LogP contribution >= 0.6 is 7.82 Å². The minimum Gasteiger partial charge on any atom is -0.756 e. The normalized spacial score (nSPS) is 14.8. The molecular weight excluding hydrogens is 924 g/mol. The Labute approximate surface area is 450 Å². The van der Waals surface area contributed by atoms with Crippen molar-refractivity contribution in [2.24, 2.45) is 0 Å². The molecule has 0 heterocycles. The molecule has 0 fully saturated rings. The van der Waals surface area contributed by atoms with E-state index >= 15 is 0 Å². The lowest BCUT2D eigenvalue weighted by Crippen LogP contribution is -2.45. The Kier molecular flexibility index (Phi) is 51.4. The maximum absolute atomic E-state index is 12.9. The average Bonchev–Trinajstić information content (AvgIpc) is 3.35. The van der Waals surface area contributed by atoms with E-state index in [0.29, 0.717) is 17.4 Å². The molecular formula is C64H111N2O6P. The molecule has 0 spiro atoms. The van der Waals surface area contributed by atoms with Crippen molar-refractivity contribution in [1.29, 1.82) is 0 Å². The second-order valence-corrected chi connectivity index (χ2v) is 22.0. The molecule has 2 N–H and O–H groups in total. The van der Waals surface area contributed by atoms with E-state index in [-0.39, 0.29) is 12.5 Å². The van der Waals surface area contributed by atoms with E-state index < -0.39 is 26.6 Å². The molecule has 0 radical (unpaired) electrons. The van der Waals surface area contributed by atoms with E-state index in [4.69, 9.17) is 9.05 Å². The molecule has 0 saturated heterocycles. The Bertz CT molecular complexity index is 1600. The van der Waals surface area contributed by atoms with E-state index in [0.717, 1.165) is 89.9 Å². The van der Waals surface area contributed by atoms with Crippen molar-refractivity contribution in [3.05, 3.63) is 122 Å². The number of unbranched alkanes of at least 4 members (excludes halogenated alkanes) is 21. The molecule has 0 aliphatic carbocycles. The number of hydrogen-bond acceptors (Lipinski definition) is 6. The van der Waals surface area contributed by atoms with Crippen molar-refractivity contribution in [2.45, 2.75) is 238 Å². The van der Waals surface area contributed by atoms with Crippen molar-refractivity contribution < 1.29 is 32.9 Å². The summed E-state index contributed by atoms with van der Waals surface area (Å²) in [5.41, 5.74) is 0. The number of carbonyl (C=O) groups is 1. The van der Waals surface area contributed by atoms with Crippen LogP contribution < -0.4 is 10.2 Å². The Morgan fingerprint density at radius 2 is 0.849 bits per heavy atom. The number of rotatable bonds is 52. The summed E-state index contributed by atoms with van der Waals surface area (Å²) < 4.78 is 23.3. The molecule has 3 atom stereocenters. The first-order chi connectivity index (χ1) is 35.5. The summed E-state index contributed by atoms with van der Waals surface area (Å²) in [5.74, 6) is -0.213. The number of phosphoric ester groups is 1. The van der Waals surface area contributed by atoms with Gasteiger partial charge < -0.3 is 28.8 Å². The first-order valence-electron chi connectivity index (χ1n) is 29.4. The van der Waals surface area contributed by atoms with Crippen molar-refractivity contribution in [2.75, 3.05) is 40.9 Å². The van der Waals surface area contributed by atoms with Gasteiger partial charge in [0.1, 0.15) is 13.2 Å². The predicted molar refractivity (Wildman–Crippen MR) is 315 cm³/mol. The van der Waals surface area contributed by atoms with E-state index in [1.807, 2.05) is 27.2 Å². The van der Waals surface area contributed by atoms with Gasteiger partial charge in [-0.3, -0.25) is 9.36 Å². The highest BCUT2D eigenvalue weighted by atomic mass is 31.2. The number of amides is 1. The van der Waals surface area contributed by atoms with Crippen LogP contribution in [0, 0.1) is 0 Å². The van der Waals surface area contributed by atoms with Gasteiger partial charge in [-0.15, -0.1) is 0 Å². The van der Waals surface area contributed by atoms with E-state index in [1.54, 1.807) is 6.08 Å². The Hall–Kier alpha value is -3.10. The lowest BCUT2D eigenvalue weighted by molar-refractivity contribution is -0.870. The van der Waals surface area contributed by atoms with Crippen molar-refractivity contribution >= 4 is 13.7 Å². The van der Waals surface area contributed by atoms with Gasteiger partial charge in [-0.25, -0.2) is 0 Å². The van der Waals surface area contributed by atoms with Crippen LogP contribution in [0.5, 0.6) is 0 Å². The van der Waals surface area contributed by atoms with Gasteiger partial charge >= 0.3 is 0 Å². The summed E-state index contributed by atoms with van der Waals surface area (Å²) in [7, 11) is 1.23. The molecule has 8 nitrogen and oxygen atoms in total. The third-order valence-corrected chi connectivity index (χ3v) is 13.4. The summed E-state index contributed by atoms with van der Waals surface area (Å²) in [6, 6.07) is -0.909. The van der Waals surface area contributed by atoms with Crippen LogP contribution in [0.1, 0.15) is 226 Å². The highest BCUT2D eigenvalue weighted by molar-refractivity contribution is 7.45. The van der Waals surface area contributed by atoms with Gasteiger partial charge in [0.2, 0.25) is 5.91 Å². The number of aliphatic hydroxyl groups excluding tert-OH is 1. The minimum atomic E-state index is -4.61. The van der Waals surface area contributed by atoms with Gasteiger partial charge in [0, 0.05) is 6.42 Å². The van der Waals surface area contributed by atoms with Gasteiger partial charge in [-0.2, -0.15) is 0 Å². The second-order valence-electron chi connectivity index (χ2n) is 20.6. The molecule has 0 aliphatic heterocycles. The number of quaternary nitrogens is 1. The fraction of sp³-hybridized carbons (Fsp3) is 0.672. The van der Waals surface area contributed by atoms with Gasteiger partial charge in [0.25, 0.3) is 7.82 Å². The third-order valence-electron chi connectivity index (χ3n) is 12.4. The molecule has 0 aromatic carbocycles. The Morgan fingerprint density at radius 1 is 0.493 bits per heavy atom. The summed E-state index contributed by atoms with van der Waals surface area (Å²) in [6.45, 7) is 4.48. The van der Waals surface area contributed by atoms with Crippen LogP contribution in [0.15, 0.2) is 122 Å². The number of nitrogens with one attached hydrogen (secondary N) is 1. The van der Waals surface area contributed by atoms with Crippen molar-refractivity contribution in [1.82, 2.24) is 5.32 Å². The second kappa shape index (κ2) is 53.7. The lowest BCUT2D eigenvalue weighted by atomic mass is 10.0. The first kappa shape index (κ1) is 69.9. The average molecular weight is 1040 g/mol. The fourth-order valence-electron chi connectivity index (χ4n) is 7.83. The highest BCUT2D eigenvalue weighted by Crippen LogP contribution is 2.38. The smallest absolute Gasteiger partial charge is 0.268 e. The molecule has 9 heteroatoms. The number of hydrogen-bond donors (Lipinski definition) is 2. The molecule has 0 rings (SSSR count). The molecule has 73 heavy (non-hydrogen) atoms. The monoisotopic (exact) mass is 1030 g/mol. The van der Waals surface area contributed by atoms with Crippen LogP contribution in [0.3, 0.4) is 0 Å². The van der Waals surface area contributed by atoms with E-state index in [9.17, 15) is 19.4 Å². The summed E-state index contributed by atoms with van der Waals surface area (Å²) >= 11 is 0. The summed E-state index contributed by atoms with van der Waals surface area (Å²) in [5, 5.41) is 13.8. The zero-order chi connectivity index (χ0) is 53.5. The minimum absolute atomic E-state index is 0.0110. The number of allylic oxidation sites excluding steroid dienone is 19. The molecule has 418 valence electrons. The van der Waals surface area contributed by atoms with Crippen molar-refractivity contribution in [3.8, 4) is 0 Å². The number of aliphatic hydroxyl groups is 1. The van der Waals surface area contributed by atoms with Crippen LogP contribution in [-0.4, -0.2) is 68.5 Å². The zero-order valence-corrected chi connectivity index (χ0v) is 48.4. The summed E-state index contributed by atoms with van der Waals surface area (Å²) in [6.07, 6.45) is 80.1. The Balaban J connectivity index is 4.03. The number of carbonyl (C=O) groups excluding carboxylic acids is 1. The van der Waals surface area contributed by atoms with Gasteiger partial charge in [-0.05, 0) is 96.3 Å². The SMILES string of the molecule is CC/C=C\C/C=C\C/C=C\C/C=C\C/C=C\C/C=C\C/C=C\C/C=C\CCCCCCCCCCCCCCCCC(=O)NC(COP(=O)([O-])OCC[N+](C)(C)C)C(O)/C=C/CC/C=C/CCCCCCCC. The number of phosphoric acid groups is 1. The molecule has 0 aromatic heterocycles. The number of likely N-dealkylation sites (N-methyl/N-ethyl adjacent to an activating group) is 1. The predicted octanol–water partition coefficient (Wildman–Crippen LogP) is 17.5. The van der Waals surface area contributed by atoms with Gasteiger partial charge in [-0.1, -0.05) is 245 Å². The van der Waals surface area contributed by atoms with Crippen LogP contribution in [0.2, 0.25) is 0 Å². The molecule has 1 amide bonds. The Morgan fingerprint density at radius 3 is 1.27 bits per heavy atom. The van der Waals surface area contributed by atoms with Crippen LogP contribution in [0.25, 0.3) is 0 Å². The molecule has 3 unspecified atom stereocenters. The molecule has 0 aromatic rings. The standard InChI is InChI=1S/C64H111N2O6P/c1-6-8-10-12-14-16-18-20-21-22-23-24-25-26-27-28-29-30-31-32-33-34-35-36-37-38-39-40-41-42-43-44-45-46-48-50-52-54-56-58-64(68)65-62(61-72-73(69,70)71-60-59-66(3,4)5)63(67)57-55-53-51-49-47-19-17-15-13-11-9-7-2/h8,10,14,16,20-21,23-24,26-27,29-30,32-33,35-36,47,49,55,57,62-63,67H,6-7,9,11-13,15,17-19,22,25,28,31,34,37-46,48,50-54,56,58-61H2,1-5H3,(H-,65,68,69,70)/b10-8-,16-14-,21-20-,24-23-,27-26-,30-29-,33-32-,36-35-,49-47+,57-55+. The maximum Gasteiger partial charge on any atom is 0.268 e. The summed E-state index contributed by atoms with van der Waals surface area (Å²) in [4.78, 5) is 25.4. The lowest BCUT2D eigenvalue weighted by Gasteiger charge is -2.29. The number of nitrogens with zero attached hydrogens (tertiary/aromatic N) is 1. The van der Waals surface area contributed by atoms with Gasteiger partial charge in [0.05, 0.1) is 39.9 Å². The quantitative estimate of drug-likeness (QED) is 0.0272. The topological polar surface area (TPSA) is 108 Å². The fourth-order valence-corrected chi connectivity index (χ4v) is 8.55. The van der Waals surface area contributed by atoms with Crippen LogP contribution in [0.4, 0.5) is 0 Å². The molecule has 0 bridgehead atoms. The van der Waals surface area contributed by atoms with E-state index in [1.165, 1.54) is 116 Å². The largest absolute Gasteiger partial charge is 0.756 e. The third kappa shape index (κ3) is 56.5. The van der Waals surface area contributed by atoms with Crippen molar-refractivity contribution in [3.63, 3.8) is 0 Å².